The number of alkyl halides is 3. The second-order valence-corrected chi connectivity index (χ2v) is 5.99. The quantitative estimate of drug-likeness (QED) is 0.324. The van der Waals surface area contributed by atoms with E-state index in [4.69, 9.17) is 0 Å². The zero-order chi connectivity index (χ0) is 20.0. The van der Waals surface area contributed by atoms with Gasteiger partial charge in [-0.05, 0) is 29.3 Å². The molecule has 0 aliphatic carbocycles. The molecule has 0 saturated carbocycles. The fourth-order valence-corrected chi connectivity index (χ4v) is 2.40. The van der Waals surface area contributed by atoms with Gasteiger partial charge >= 0.3 is 6.18 Å². The topological polar surface area (TPSA) is 44.1 Å². The number of halogens is 3. The van der Waals surface area contributed by atoms with E-state index in [1.54, 1.807) is 55.5 Å². The van der Waals surface area contributed by atoms with Crippen LogP contribution in [0, 0.1) is 11.3 Å². The largest absolute Gasteiger partial charge is 0.416 e. The Balaban J connectivity index is 2.53. The van der Waals surface area contributed by atoms with Crippen molar-refractivity contribution >= 4 is 11.4 Å². The lowest BCUT2D eigenvalue weighted by Gasteiger charge is -2.12. The lowest BCUT2D eigenvalue weighted by molar-refractivity contribution is -0.137. The van der Waals surface area contributed by atoms with Crippen LogP contribution in [0.4, 0.5) is 13.2 Å². The van der Waals surface area contributed by atoms with Crippen molar-refractivity contribution in [2.24, 2.45) is 0 Å². The summed E-state index contributed by atoms with van der Waals surface area (Å²) in [6.07, 6.45) is -1.61. The number of nitrogens with zero attached hydrogens (tertiary/aromatic N) is 2. The maximum Gasteiger partial charge on any atom is 0.416 e. The van der Waals surface area contributed by atoms with Crippen molar-refractivity contribution in [3.8, 4) is 6.07 Å². The van der Waals surface area contributed by atoms with E-state index in [9.17, 15) is 23.2 Å². The summed E-state index contributed by atoms with van der Waals surface area (Å²) in [5, 5.41) is 9.41. The van der Waals surface area contributed by atoms with Crippen LogP contribution in [0.5, 0.6) is 0 Å². The minimum Gasteiger partial charge on any atom is -0.383 e. The predicted molar refractivity (Wildman–Crippen MR) is 97.6 cm³/mol. The molecule has 2 aromatic carbocycles. The first kappa shape index (κ1) is 20.0. The van der Waals surface area contributed by atoms with E-state index in [0.717, 1.165) is 12.1 Å². The van der Waals surface area contributed by atoms with Crippen LogP contribution < -0.4 is 0 Å². The Kier molecular flexibility index (Phi) is 6.19. The Labute approximate surface area is 155 Å². The number of carbonyl (C=O) groups is 1. The average molecular weight is 370 g/mol. The molecule has 6 heteroatoms. The third-order valence-corrected chi connectivity index (χ3v) is 3.62. The molecule has 0 saturated heterocycles. The molecule has 0 aliphatic heterocycles. The average Bonchev–Trinajstić information content (AvgIpc) is 2.64. The van der Waals surface area contributed by atoms with Gasteiger partial charge in [-0.15, -0.1) is 0 Å². The van der Waals surface area contributed by atoms with Crippen LogP contribution in [-0.2, 0) is 6.18 Å². The molecule has 0 heterocycles. The first-order valence-corrected chi connectivity index (χ1v) is 8.00. The zero-order valence-corrected chi connectivity index (χ0v) is 14.8. The molecule has 0 radical (unpaired) electrons. The second kappa shape index (κ2) is 8.37. The zero-order valence-electron chi connectivity index (χ0n) is 14.8. The van der Waals surface area contributed by atoms with Gasteiger partial charge in [-0.25, -0.2) is 0 Å². The van der Waals surface area contributed by atoms with Gasteiger partial charge in [-0.3, -0.25) is 4.79 Å². The summed E-state index contributed by atoms with van der Waals surface area (Å²) in [5.41, 5.74) is -0.0460. The van der Waals surface area contributed by atoms with Crippen molar-refractivity contribution in [2.45, 2.75) is 6.18 Å². The van der Waals surface area contributed by atoms with Crippen LogP contribution in [0.15, 0.2) is 72.4 Å². The van der Waals surface area contributed by atoms with Gasteiger partial charge in [0.25, 0.3) is 0 Å². The number of hydrogen-bond donors (Lipinski definition) is 0. The Hall–Kier alpha value is -3.33. The van der Waals surface area contributed by atoms with Gasteiger partial charge in [-0.2, -0.15) is 18.4 Å². The number of hydrogen-bond acceptors (Lipinski definition) is 3. The predicted octanol–water partition coefficient (Wildman–Crippen LogP) is 4.94. The summed E-state index contributed by atoms with van der Waals surface area (Å²) in [6, 6.07) is 14.9. The highest BCUT2D eigenvalue weighted by molar-refractivity contribution is 6.12. The van der Waals surface area contributed by atoms with Crippen LogP contribution in [0.3, 0.4) is 0 Å². The van der Waals surface area contributed by atoms with E-state index >= 15 is 0 Å². The molecule has 138 valence electrons. The van der Waals surface area contributed by atoms with Crippen LogP contribution in [0.25, 0.3) is 5.57 Å². The maximum atomic E-state index is 13.0. The molecule has 0 atom stereocenters. The molecule has 2 aromatic rings. The molecular formula is C21H17F3N2O. The van der Waals surface area contributed by atoms with Gasteiger partial charge in [0, 0.05) is 25.9 Å². The summed E-state index contributed by atoms with van der Waals surface area (Å²) in [6.45, 7) is 0. The lowest BCUT2D eigenvalue weighted by Crippen LogP contribution is -2.07. The van der Waals surface area contributed by atoms with Crippen molar-refractivity contribution < 1.29 is 18.0 Å². The number of benzene rings is 2. The van der Waals surface area contributed by atoms with Gasteiger partial charge in [0.2, 0.25) is 5.78 Å². The van der Waals surface area contributed by atoms with Crippen molar-refractivity contribution in [2.75, 3.05) is 14.1 Å². The summed E-state index contributed by atoms with van der Waals surface area (Å²) in [4.78, 5) is 14.2. The summed E-state index contributed by atoms with van der Waals surface area (Å²) < 4.78 is 39.1. The number of allylic oxidation sites excluding steroid dienone is 3. The monoisotopic (exact) mass is 370 g/mol. The van der Waals surface area contributed by atoms with Crippen molar-refractivity contribution in [3.05, 3.63) is 89.1 Å². The molecule has 0 bridgehead atoms. The molecular weight excluding hydrogens is 353 g/mol. The van der Waals surface area contributed by atoms with E-state index in [0.29, 0.717) is 11.1 Å². The van der Waals surface area contributed by atoms with Gasteiger partial charge in [0.1, 0.15) is 11.6 Å². The fourth-order valence-electron chi connectivity index (χ4n) is 2.40. The highest BCUT2D eigenvalue weighted by Crippen LogP contribution is 2.31. The Morgan fingerprint density at radius 3 is 2.22 bits per heavy atom. The van der Waals surface area contributed by atoms with E-state index in [-0.39, 0.29) is 11.1 Å². The van der Waals surface area contributed by atoms with Crippen molar-refractivity contribution in [1.29, 1.82) is 5.26 Å². The van der Waals surface area contributed by atoms with E-state index in [1.807, 2.05) is 6.07 Å². The normalized spacial score (nSPS) is 12.4. The highest BCUT2D eigenvalue weighted by atomic mass is 19.4. The fraction of sp³-hybridized carbons (Fsp3) is 0.143. The Morgan fingerprint density at radius 1 is 1.04 bits per heavy atom. The SMILES string of the molecule is CN(C)/C=C(\C=C(\C#N)C(=O)c1ccccc1)c1cccc(C(F)(F)F)c1. The molecule has 0 fully saturated rings. The van der Waals surface area contributed by atoms with Gasteiger partial charge in [0.05, 0.1) is 5.56 Å². The van der Waals surface area contributed by atoms with Crippen LogP contribution in [0.2, 0.25) is 0 Å². The minimum atomic E-state index is -4.49. The molecule has 0 aliphatic rings. The van der Waals surface area contributed by atoms with Crippen LogP contribution in [-0.4, -0.2) is 24.8 Å². The number of nitriles is 1. The standard InChI is InChI=1S/C21H17F3N2O/c1-26(2)14-18(16-9-6-10-19(12-16)21(22,23)24)11-17(13-25)20(27)15-7-4-3-5-8-15/h3-12,14H,1-2H3/b17-11-,18-14+. The van der Waals surface area contributed by atoms with Crippen molar-refractivity contribution in [3.63, 3.8) is 0 Å². The molecule has 2 rings (SSSR count). The third-order valence-electron chi connectivity index (χ3n) is 3.62. The molecule has 27 heavy (non-hydrogen) atoms. The number of carbonyl (C=O) groups excluding carboxylic acids is 1. The Morgan fingerprint density at radius 2 is 1.67 bits per heavy atom. The van der Waals surface area contributed by atoms with Crippen molar-refractivity contribution in [1.82, 2.24) is 4.90 Å². The number of rotatable bonds is 5. The van der Waals surface area contributed by atoms with Gasteiger partial charge in [-0.1, -0.05) is 42.5 Å². The summed E-state index contributed by atoms with van der Waals surface area (Å²) >= 11 is 0. The van der Waals surface area contributed by atoms with E-state index in [1.165, 1.54) is 18.2 Å². The van der Waals surface area contributed by atoms with E-state index < -0.39 is 17.5 Å². The molecule has 0 unspecified atom stereocenters. The first-order valence-electron chi connectivity index (χ1n) is 8.00. The summed E-state index contributed by atoms with van der Waals surface area (Å²) in [5.74, 6) is -0.491. The third kappa shape index (κ3) is 5.32. The number of Topliss-reactive ketones (excluding diaryl/α,β-unsaturated/α-hetero) is 1. The van der Waals surface area contributed by atoms with Gasteiger partial charge < -0.3 is 4.90 Å². The smallest absolute Gasteiger partial charge is 0.383 e. The molecule has 0 spiro atoms. The summed E-state index contributed by atoms with van der Waals surface area (Å²) in [7, 11) is 3.40. The molecule has 0 N–H and O–H groups in total. The molecule has 0 amide bonds. The highest BCUT2D eigenvalue weighted by Gasteiger charge is 2.30. The van der Waals surface area contributed by atoms with Crippen LogP contribution >= 0.6 is 0 Å². The minimum absolute atomic E-state index is 0.160. The van der Waals surface area contributed by atoms with E-state index in [2.05, 4.69) is 0 Å². The second-order valence-electron chi connectivity index (χ2n) is 5.99. The molecule has 3 nitrogen and oxygen atoms in total. The maximum absolute atomic E-state index is 13.0. The first-order chi connectivity index (χ1) is 12.7. The Bertz CT molecular complexity index is 920. The molecule has 0 aromatic heterocycles. The lowest BCUT2D eigenvalue weighted by atomic mass is 9.98. The number of ketones is 1. The van der Waals surface area contributed by atoms with Crippen LogP contribution in [0.1, 0.15) is 21.5 Å². The van der Waals surface area contributed by atoms with Gasteiger partial charge in [0.15, 0.2) is 0 Å².